The van der Waals surface area contributed by atoms with Gasteiger partial charge in [-0.2, -0.15) is 0 Å². The van der Waals surface area contributed by atoms with Crippen LogP contribution in [0.5, 0.6) is 0 Å². The zero-order valence-electron chi connectivity index (χ0n) is 12.8. The first-order valence-corrected chi connectivity index (χ1v) is 7.20. The van der Waals surface area contributed by atoms with E-state index in [1.54, 1.807) is 0 Å². The fourth-order valence-electron chi connectivity index (χ4n) is 2.32. The molecule has 1 atom stereocenters. The minimum atomic E-state index is -1.13. The number of nitrogens with zero attached hydrogens (tertiary/aromatic N) is 1. The van der Waals surface area contributed by atoms with Crippen LogP contribution in [0.2, 0.25) is 5.02 Å². The predicted molar refractivity (Wildman–Crippen MR) is 80.5 cm³/mol. The van der Waals surface area contributed by atoms with Crippen molar-refractivity contribution in [3.63, 3.8) is 0 Å². The maximum Gasteiger partial charge on any atom is 0.429 e. The second-order valence-electron chi connectivity index (χ2n) is 4.88. The van der Waals surface area contributed by atoms with Gasteiger partial charge in [0.15, 0.2) is 6.10 Å². The molecule has 2 N–H and O–H groups in total. The summed E-state index contributed by atoms with van der Waals surface area (Å²) < 4.78 is 35.1. The Morgan fingerprint density at radius 1 is 1.48 bits per heavy atom. The summed E-state index contributed by atoms with van der Waals surface area (Å²) in [6.07, 6.45) is -1.45. The molecular formula is C14H18ClFN2O5. The second-order valence-corrected chi connectivity index (χ2v) is 5.32. The molecule has 0 aliphatic carbocycles. The van der Waals surface area contributed by atoms with Gasteiger partial charge in [-0.3, -0.25) is 0 Å². The molecule has 0 bridgehead atoms. The fourth-order valence-corrected chi connectivity index (χ4v) is 2.48. The Hall–Kier alpha value is -1.45. The number of rotatable bonds is 4. The zero-order chi connectivity index (χ0) is 17.0. The SMILES string of the molecule is COC1(OC)CCOCC1OC(=O)N(N)c1ccc(Cl)cc1F. The van der Waals surface area contributed by atoms with E-state index in [0.717, 1.165) is 6.07 Å². The summed E-state index contributed by atoms with van der Waals surface area (Å²) in [5, 5.41) is 0.738. The van der Waals surface area contributed by atoms with E-state index in [9.17, 15) is 9.18 Å². The highest BCUT2D eigenvalue weighted by Crippen LogP contribution is 2.29. The van der Waals surface area contributed by atoms with Gasteiger partial charge in [-0.25, -0.2) is 20.0 Å². The Balaban J connectivity index is 2.13. The molecule has 0 radical (unpaired) electrons. The number of carbonyl (C=O) groups is 1. The van der Waals surface area contributed by atoms with Crippen LogP contribution in [-0.4, -0.2) is 45.4 Å². The van der Waals surface area contributed by atoms with E-state index in [-0.39, 0.29) is 17.3 Å². The van der Waals surface area contributed by atoms with E-state index >= 15 is 0 Å². The summed E-state index contributed by atoms with van der Waals surface area (Å²) in [5.41, 5.74) is -0.170. The maximum absolute atomic E-state index is 13.8. The molecule has 1 saturated heterocycles. The van der Waals surface area contributed by atoms with Crippen LogP contribution in [0, 0.1) is 5.82 Å². The summed E-state index contributed by atoms with van der Waals surface area (Å²) in [5.74, 6) is 3.75. The van der Waals surface area contributed by atoms with Gasteiger partial charge >= 0.3 is 6.09 Å². The van der Waals surface area contributed by atoms with Crippen LogP contribution in [0.1, 0.15) is 6.42 Å². The van der Waals surface area contributed by atoms with Gasteiger partial charge < -0.3 is 18.9 Å². The van der Waals surface area contributed by atoms with Gasteiger partial charge in [-0.05, 0) is 18.2 Å². The number of hydrazine groups is 1. The molecule has 1 aliphatic rings. The maximum atomic E-state index is 13.8. The number of anilines is 1. The molecule has 23 heavy (non-hydrogen) atoms. The van der Waals surface area contributed by atoms with Crippen LogP contribution in [0.4, 0.5) is 14.9 Å². The Morgan fingerprint density at radius 3 is 2.78 bits per heavy atom. The van der Waals surface area contributed by atoms with E-state index < -0.39 is 23.8 Å². The molecular weight excluding hydrogens is 331 g/mol. The van der Waals surface area contributed by atoms with Crippen molar-refractivity contribution < 1.29 is 28.1 Å². The first-order valence-electron chi connectivity index (χ1n) is 6.82. The summed E-state index contributed by atoms with van der Waals surface area (Å²) in [6, 6.07) is 3.73. The van der Waals surface area contributed by atoms with Crippen molar-refractivity contribution in [2.45, 2.75) is 18.3 Å². The number of benzene rings is 1. The quantitative estimate of drug-likeness (QED) is 0.388. The van der Waals surface area contributed by atoms with E-state index in [2.05, 4.69) is 0 Å². The minimum Gasteiger partial charge on any atom is -0.437 e. The van der Waals surface area contributed by atoms with Crippen LogP contribution in [0.3, 0.4) is 0 Å². The smallest absolute Gasteiger partial charge is 0.429 e. The number of halogens is 2. The van der Waals surface area contributed by atoms with Gasteiger partial charge in [0.2, 0.25) is 5.79 Å². The molecule has 0 saturated carbocycles. The molecule has 1 heterocycles. The number of nitrogens with two attached hydrogens (primary N) is 1. The number of methoxy groups -OCH3 is 2. The molecule has 1 aromatic rings. The third kappa shape index (κ3) is 3.73. The topological polar surface area (TPSA) is 83.2 Å². The van der Waals surface area contributed by atoms with Crippen molar-refractivity contribution in [2.24, 2.45) is 5.84 Å². The zero-order valence-corrected chi connectivity index (χ0v) is 13.5. The third-order valence-corrected chi connectivity index (χ3v) is 3.89. The molecule has 7 nitrogen and oxygen atoms in total. The molecule has 128 valence electrons. The van der Waals surface area contributed by atoms with Crippen LogP contribution in [0.15, 0.2) is 18.2 Å². The fraction of sp³-hybridized carbons (Fsp3) is 0.500. The number of hydrogen-bond donors (Lipinski definition) is 1. The van der Waals surface area contributed by atoms with Crippen molar-refractivity contribution in [3.05, 3.63) is 29.0 Å². The molecule has 1 fully saturated rings. The highest BCUT2D eigenvalue weighted by Gasteiger charge is 2.45. The molecule has 1 amide bonds. The summed E-state index contributed by atoms with van der Waals surface area (Å²) >= 11 is 5.67. The summed E-state index contributed by atoms with van der Waals surface area (Å²) in [6.45, 7) is 0.470. The Morgan fingerprint density at radius 2 is 2.17 bits per heavy atom. The van der Waals surface area contributed by atoms with Gasteiger partial charge in [0.05, 0.1) is 18.9 Å². The first kappa shape index (κ1) is 17.9. The lowest BCUT2D eigenvalue weighted by Crippen LogP contribution is -2.56. The average molecular weight is 349 g/mol. The lowest BCUT2D eigenvalue weighted by molar-refractivity contribution is -0.291. The monoisotopic (exact) mass is 348 g/mol. The van der Waals surface area contributed by atoms with Crippen molar-refractivity contribution >= 4 is 23.4 Å². The molecule has 1 aliphatic heterocycles. The van der Waals surface area contributed by atoms with Crippen molar-refractivity contribution in [1.82, 2.24) is 0 Å². The van der Waals surface area contributed by atoms with Crippen molar-refractivity contribution in [1.29, 1.82) is 0 Å². The molecule has 1 unspecified atom stereocenters. The number of amides is 1. The molecule has 0 spiro atoms. The Kier molecular flexibility index (Phi) is 5.77. The first-order chi connectivity index (χ1) is 10.9. The van der Waals surface area contributed by atoms with E-state index in [1.165, 1.54) is 26.4 Å². The minimum absolute atomic E-state index is 0.0738. The Labute approximate surface area is 137 Å². The molecule has 1 aromatic carbocycles. The Bertz CT molecular complexity index is 570. The molecule has 2 rings (SSSR count). The van der Waals surface area contributed by atoms with E-state index in [4.69, 9.17) is 36.4 Å². The molecule has 0 aromatic heterocycles. The predicted octanol–water partition coefficient (Wildman–Crippen LogP) is 2.07. The van der Waals surface area contributed by atoms with Gasteiger partial charge in [-0.15, -0.1) is 0 Å². The largest absolute Gasteiger partial charge is 0.437 e. The average Bonchev–Trinajstić information content (AvgIpc) is 2.55. The lowest BCUT2D eigenvalue weighted by Gasteiger charge is -2.40. The summed E-state index contributed by atoms with van der Waals surface area (Å²) in [4.78, 5) is 12.2. The second kappa shape index (κ2) is 7.41. The lowest BCUT2D eigenvalue weighted by atomic mass is 10.0. The number of hydrogen-bond acceptors (Lipinski definition) is 6. The van der Waals surface area contributed by atoms with Gasteiger partial charge in [-0.1, -0.05) is 11.6 Å². The van der Waals surface area contributed by atoms with Gasteiger partial charge in [0.1, 0.15) is 5.82 Å². The van der Waals surface area contributed by atoms with E-state index in [0.29, 0.717) is 18.0 Å². The van der Waals surface area contributed by atoms with Crippen LogP contribution in [-0.2, 0) is 18.9 Å². The highest BCUT2D eigenvalue weighted by atomic mass is 35.5. The van der Waals surface area contributed by atoms with Gasteiger partial charge in [0, 0.05) is 25.7 Å². The van der Waals surface area contributed by atoms with Gasteiger partial charge in [0.25, 0.3) is 0 Å². The molecule has 9 heteroatoms. The number of carbonyl (C=O) groups excluding carboxylic acids is 1. The van der Waals surface area contributed by atoms with Crippen molar-refractivity contribution in [3.8, 4) is 0 Å². The van der Waals surface area contributed by atoms with Crippen LogP contribution in [0.25, 0.3) is 0 Å². The van der Waals surface area contributed by atoms with E-state index in [1.807, 2.05) is 0 Å². The standard InChI is InChI=1S/C14H18ClFN2O5/c1-20-14(21-2)5-6-22-8-12(14)23-13(19)18(17)11-4-3-9(15)7-10(11)16/h3-4,7,12H,5-6,8,17H2,1-2H3. The van der Waals surface area contributed by atoms with Crippen molar-refractivity contribution in [2.75, 3.05) is 32.4 Å². The number of ether oxygens (including phenoxy) is 4. The highest BCUT2D eigenvalue weighted by molar-refractivity contribution is 6.30. The normalized spacial score (nSPS) is 20.1. The van der Waals surface area contributed by atoms with Crippen LogP contribution >= 0.6 is 11.6 Å². The summed E-state index contributed by atoms with van der Waals surface area (Å²) in [7, 11) is 2.88. The third-order valence-electron chi connectivity index (χ3n) is 3.65. The van der Waals surface area contributed by atoms with Crippen LogP contribution < -0.4 is 10.9 Å².